The average Bonchev–Trinajstić information content (AvgIpc) is 2.84. The van der Waals surface area contributed by atoms with E-state index in [0.717, 1.165) is 24.1 Å². The van der Waals surface area contributed by atoms with Gasteiger partial charge in [0, 0.05) is 11.8 Å². The van der Waals surface area contributed by atoms with E-state index in [0.29, 0.717) is 18.7 Å². The predicted octanol–water partition coefficient (Wildman–Crippen LogP) is 0.317. The van der Waals surface area contributed by atoms with Crippen LogP contribution in [0.1, 0.15) is 28.0 Å². The van der Waals surface area contributed by atoms with Crippen molar-refractivity contribution in [3.8, 4) is 0 Å². The highest BCUT2D eigenvalue weighted by atomic mass is 16.1. The fourth-order valence-electron chi connectivity index (χ4n) is 1.78. The quantitative estimate of drug-likeness (QED) is 0.780. The van der Waals surface area contributed by atoms with Crippen molar-refractivity contribution in [2.75, 3.05) is 6.54 Å². The number of carbonyl (C=O) groups is 1. The maximum atomic E-state index is 11.0. The Kier molecular flexibility index (Phi) is 4.25. The second-order valence-electron chi connectivity index (χ2n) is 4.36. The normalized spacial score (nSPS) is 10.6. The van der Waals surface area contributed by atoms with Crippen molar-refractivity contribution in [2.45, 2.75) is 19.4 Å². The van der Waals surface area contributed by atoms with Crippen LogP contribution in [-0.2, 0) is 13.0 Å². The van der Waals surface area contributed by atoms with Crippen LogP contribution in [0.4, 0.5) is 0 Å². The first-order valence-corrected chi connectivity index (χ1v) is 6.17. The Morgan fingerprint density at radius 1 is 1.26 bits per heavy atom. The number of primary amides is 1. The fraction of sp³-hybridized carbons (Fsp3) is 0.308. The second-order valence-corrected chi connectivity index (χ2v) is 4.36. The molecule has 2 aromatic rings. The summed E-state index contributed by atoms with van der Waals surface area (Å²) in [6.07, 6.45) is 3.67. The van der Waals surface area contributed by atoms with Crippen molar-refractivity contribution >= 4 is 5.91 Å². The molecular formula is C13H17N5O. The number of aromatic nitrogens is 3. The van der Waals surface area contributed by atoms with Gasteiger partial charge in [0.15, 0.2) is 0 Å². The number of carbonyl (C=O) groups excluding carboxylic acids is 1. The highest BCUT2D eigenvalue weighted by Gasteiger charge is 2.03. The van der Waals surface area contributed by atoms with Gasteiger partial charge in [0.25, 0.3) is 0 Å². The van der Waals surface area contributed by atoms with Crippen molar-refractivity contribution in [1.29, 1.82) is 0 Å². The number of nitrogens with two attached hydrogens (primary N) is 2. The first-order valence-electron chi connectivity index (χ1n) is 6.17. The van der Waals surface area contributed by atoms with E-state index in [1.165, 1.54) is 0 Å². The van der Waals surface area contributed by atoms with Crippen molar-refractivity contribution in [3.05, 3.63) is 47.3 Å². The molecule has 0 unspecified atom stereocenters. The lowest BCUT2D eigenvalue weighted by molar-refractivity contribution is 0.100. The molecule has 4 N–H and O–H groups in total. The summed E-state index contributed by atoms with van der Waals surface area (Å²) in [6.45, 7) is 1.27. The fourth-order valence-corrected chi connectivity index (χ4v) is 1.78. The number of rotatable bonds is 6. The van der Waals surface area contributed by atoms with Gasteiger partial charge in [-0.2, -0.15) is 0 Å². The van der Waals surface area contributed by atoms with Crippen LogP contribution in [0.3, 0.4) is 0 Å². The Morgan fingerprint density at radius 3 is 2.63 bits per heavy atom. The highest BCUT2D eigenvalue weighted by Crippen LogP contribution is 2.06. The molecule has 0 aliphatic carbocycles. The van der Waals surface area contributed by atoms with Crippen LogP contribution in [0.15, 0.2) is 30.5 Å². The van der Waals surface area contributed by atoms with Gasteiger partial charge in [-0.05, 0) is 37.1 Å². The molecule has 1 aromatic heterocycles. The summed E-state index contributed by atoms with van der Waals surface area (Å²) in [5.41, 5.74) is 13.1. The van der Waals surface area contributed by atoms with Crippen LogP contribution in [-0.4, -0.2) is 27.4 Å². The van der Waals surface area contributed by atoms with Crippen LogP contribution < -0.4 is 11.5 Å². The molecular weight excluding hydrogens is 242 g/mol. The highest BCUT2D eigenvalue weighted by molar-refractivity contribution is 5.92. The van der Waals surface area contributed by atoms with Gasteiger partial charge in [-0.25, -0.2) is 4.68 Å². The van der Waals surface area contributed by atoms with E-state index in [-0.39, 0.29) is 0 Å². The molecule has 2 rings (SSSR count). The third-order valence-corrected chi connectivity index (χ3v) is 2.81. The van der Waals surface area contributed by atoms with Gasteiger partial charge in [0.2, 0.25) is 5.91 Å². The molecule has 0 radical (unpaired) electrons. The molecule has 1 amide bonds. The molecule has 0 saturated heterocycles. The van der Waals surface area contributed by atoms with E-state index in [4.69, 9.17) is 11.5 Å². The maximum absolute atomic E-state index is 11.0. The molecule has 0 saturated carbocycles. The molecule has 19 heavy (non-hydrogen) atoms. The molecule has 1 heterocycles. The molecule has 0 spiro atoms. The maximum Gasteiger partial charge on any atom is 0.248 e. The molecule has 0 aliphatic heterocycles. The Labute approximate surface area is 111 Å². The second kappa shape index (κ2) is 6.10. The minimum absolute atomic E-state index is 0.420. The van der Waals surface area contributed by atoms with E-state index in [9.17, 15) is 4.79 Å². The standard InChI is InChI=1S/C13H17N5O/c14-7-1-2-12-9-18(17-16-12)8-10-3-5-11(6-4-10)13(15)19/h3-6,9H,1-2,7-8,14H2,(H2,15,19). The molecule has 100 valence electrons. The molecule has 0 fully saturated rings. The van der Waals surface area contributed by atoms with E-state index >= 15 is 0 Å². The Balaban J connectivity index is 2.00. The van der Waals surface area contributed by atoms with Crippen LogP contribution in [0.25, 0.3) is 0 Å². The molecule has 1 aromatic carbocycles. The minimum atomic E-state index is -0.420. The lowest BCUT2D eigenvalue weighted by atomic mass is 10.1. The van der Waals surface area contributed by atoms with E-state index in [1.54, 1.807) is 16.8 Å². The van der Waals surface area contributed by atoms with Crippen LogP contribution >= 0.6 is 0 Å². The molecule has 6 nitrogen and oxygen atoms in total. The summed E-state index contributed by atoms with van der Waals surface area (Å²) in [7, 11) is 0. The van der Waals surface area contributed by atoms with E-state index in [2.05, 4.69) is 10.3 Å². The average molecular weight is 259 g/mol. The first kappa shape index (κ1) is 13.2. The SMILES string of the molecule is NCCCc1cn(Cc2ccc(C(N)=O)cc2)nn1. The van der Waals surface area contributed by atoms with E-state index < -0.39 is 5.91 Å². The lowest BCUT2D eigenvalue weighted by Gasteiger charge is -2.01. The van der Waals surface area contributed by atoms with Crippen molar-refractivity contribution in [3.63, 3.8) is 0 Å². The third kappa shape index (κ3) is 3.62. The Bertz CT molecular complexity index is 546. The van der Waals surface area contributed by atoms with Gasteiger partial charge in [-0.3, -0.25) is 4.79 Å². The van der Waals surface area contributed by atoms with Gasteiger partial charge < -0.3 is 11.5 Å². The van der Waals surface area contributed by atoms with Crippen molar-refractivity contribution in [2.24, 2.45) is 11.5 Å². The monoisotopic (exact) mass is 259 g/mol. The number of amides is 1. The van der Waals surface area contributed by atoms with Gasteiger partial charge >= 0.3 is 0 Å². The number of nitrogens with zero attached hydrogens (tertiary/aromatic N) is 3. The van der Waals surface area contributed by atoms with Crippen LogP contribution in [0, 0.1) is 0 Å². The summed E-state index contributed by atoms with van der Waals surface area (Å²) >= 11 is 0. The van der Waals surface area contributed by atoms with Gasteiger partial charge in [-0.1, -0.05) is 17.3 Å². The molecule has 0 bridgehead atoms. The number of aryl methyl sites for hydroxylation is 1. The van der Waals surface area contributed by atoms with Crippen LogP contribution in [0.5, 0.6) is 0 Å². The van der Waals surface area contributed by atoms with Gasteiger partial charge in [0.05, 0.1) is 12.2 Å². The largest absolute Gasteiger partial charge is 0.366 e. The number of hydrogen-bond donors (Lipinski definition) is 2. The van der Waals surface area contributed by atoms with Crippen molar-refractivity contribution in [1.82, 2.24) is 15.0 Å². The van der Waals surface area contributed by atoms with Crippen molar-refractivity contribution < 1.29 is 4.79 Å². The summed E-state index contributed by atoms with van der Waals surface area (Å²) in [6, 6.07) is 7.15. The zero-order chi connectivity index (χ0) is 13.7. The molecule has 6 heteroatoms. The molecule has 0 atom stereocenters. The van der Waals surface area contributed by atoms with Gasteiger partial charge in [0.1, 0.15) is 0 Å². The molecule has 0 aliphatic rings. The van der Waals surface area contributed by atoms with Gasteiger partial charge in [-0.15, -0.1) is 5.10 Å². The zero-order valence-corrected chi connectivity index (χ0v) is 10.6. The minimum Gasteiger partial charge on any atom is -0.366 e. The predicted molar refractivity (Wildman–Crippen MR) is 71.5 cm³/mol. The third-order valence-electron chi connectivity index (χ3n) is 2.81. The lowest BCUT2D eigenvalue weighted by Crippen LogP contribution is -2.10. The Hall–Kier alpha value is -2.21. The topological polar surface area (TPSA) is 99.8 Å². The zero-order valence-electron chi connectivity index (χ0n) is 10.6. The van der Waals surface area contributed by atoms with Crippen LogP contribution in [0.2, 0.25) is 0 Å². The number of hydrogen-bond acceptors (Lipinski definition) is 4. The summed E-state index contributed by atoms with van der Waals surface area (Å²) in [5, 5.41) is 8.14. The smallest absolute Gasteiger partial charge is 0.248 e. The summed E-state index contributed by atoms with van der Waals surface area (Å²) in [4.78, 5) is 11.0. The van der Waals surface area contributed by atoms with E-state index in [1.807, 2.05) is 18.3 Å². The summed E-state index contributed by atoms with van der Waals surface area (Å²) in [5.74, 6) is -0.420. The Morgan fingerprint density at radius 2 is 2.00 bits per heavy atom. The summed E-state index contributed by atoms with van der Waals surface area (Å²) < 4.78 is 1.77. The first-order chi connectivity index (χ1) is 9.19. The number of benzene rings is 1.